The normalized spacial score (nSPS) is 30.6. The van der Waals surface area contributed by atoms with Gasteiger partial charge < -0.3 is 9.64 Å². The zero-order valence-electron chi connectivity index (χ0n) is 12.6. The predicted molar refractivity (Wildman–Crippen MR) is 83.4 cm³/mol. The number of rotatable bonds is 5. The quantitative estimate of drug-likeness (QED) is 0.836. The monoisotopic (exact) mass is 305 g/mol. The number of carbonyl (C=O) groups is 1. The van der Waals surface area contributed by atoms with Gasteiger partial charge in [0.25, 0.3) is 0 Å². The highest BCUT2D eigenvalue weighted by atomic mass is 32.1. The lowest BCUT2D eigenvalue weighted by Gasteiger charge is -2.56. The van der Waals surface area contributed by atoms with Gasteiger partial charge in [-0.05, 0) is 53.5 Å². The molecular weight excluding hydrogens is 282 g/mol. The Morgan fingerprint density at radius 3 is 2.86 bits per heavy atom. The number of methoxy groups -OCH3 is 1. The third kappa shape index (κ3) is 2.23. The molecule has 0 bridgehead atoms. The summed E-state index contributed by atoms with van der Waals surface area (Å²) in [6, 6.07) is 2.17. The summed E-state index contributed by atoms with van der Waals surface area (Å²) in [5.41, 5.74) is 1.64. The second kappa shape index (κ2) is 5.10. The number of amides is 1. The Balaban J connectivity index is 1.36. The van der Waals surface area contributed by atoms with E-state index < -0.39 is 0 Å². The van der Waals surface area contributed by atoms with Crippen molar-refractivity contribution in [2.24, 2.45) is 17.3 Å². The molecule has 1 amide bonds. The zero-order chi connectivity index (χ0) is 14.4. The molecule has 0 radical (unpaired) electrons. The first-order valence-electron chi connectivity index (χ1n) is 8.03. The second-order valence-corrected chi connectivity index (χ2v) is 7.90. The molecule has 0 aromatic carbocycles. The van der Waals surface area contributed by atoms with Crippen molar-refractivity contribution in [3.05, 3.63) is 22.4 Å². The van der Waals surface area contributed by atoms with Crippen LogP contribution in [-0.4, -0.2) is 37.6 Å². The second-order valence-electron chi connectivity index (χ2n) is 7.12. The van der Waals surface area contributed by atoms with Crippen LogP contribution in [0.25, 0.3) is 0 Å². The van der Waals surface area contributed by atoms with Gasteiger partial charge in [0.15, 0.2) is 0 Å². The van der Waals surface area contributed by atoms with Crippen molar-refractivity contribution in [1.29, 1.82) is 0 Å². The number of thiophene rings is 1. The van der Waals surface area contributed by atoms with Crippen LogP contribution in [0.5, 0.6) is 0 Å². The average Bonchev–Trinajstić information content (AvgIpc) is 2.98. The third-order valence-corrected chi connectivity index (χ3v) is 6.51. The molecule has 1 aliphatic heterocycles. The van der Waals surface area contributed by atoms with Crippen LogP contribution in [0.15, 0.2) is 16.8 Å². The van der Waals surface area contributed by atoms with E-state index in [-0.39, 0.29) is 11.3 Å². The van der Waals surface area contributed by atoms with Gasteiger partial charge in [0, 0.05) is 31.5 Å². The molecule has 1 aromatic heterocycles. The third-order valence-electron chi connectivity index (χ3n) is 5.81. The van der Waals surface area contributed by atoms with Crippen molar-refractivity contribution in [3.8, 4) is 0 Å². The molecule has 2 heterocycles. The molecule has 4 heteroatoms. The molecule has 114 valence electrons. The highest BCUT2D eigenvalue weighted by Crippen LogP contribution is 2.53. The fourth-order valence-corrected chi connectivity index (χ4v) is 4.93. The molecule has 2 saturated carbocycles. The van der Waals surface area contributed by atoms with E-state index in [1.165, 1.54) is 24.8 Å². The maximum atomic E-state index is 12.6. The lowest BCUT2D eigenvalue weighted by Crippen LogP contribution is -2.65. The van der Waals surface area contributed by atoms with Crippen molar-refractivity contribution < 1.29 is 9.53 Å². The summed E-state index contributed by atoms with van der Waals surface area (Å²) < 4.78 is 5.45. The van der Waals surface area contributed by atoms with E-state index in [1.807, 2.05) is 0 Å². The van der Waals surface area contributed by atoms with Gasteiger partial charge in [-0.2, -0.15) is 11.3 Å². The SMILES string of the molecule is COCC1(C2CCC2)CN(C(=O)[C@@H]2C[C@H]2c2ccsc2)C1. The average molecular weight is 305 g/mol. The molecule has 3 fully saturated rings. The number of carbonyl (C=O) groups excluding carboxylic acids is 1. The fraction of sp³-hybridized carbons (Fsp3) is 0.706. The van der Waals surface area contributed by atoms with E-state index in [4.69, 9.17) is 4.74 Å². The van der Waals surface area contributed by atoms with Crippen LogP contribution in [0.1, 0.15) is 37.2 Å². The van der Waals surface area contributed by atoms with Crippen molar-refractivity contribution in [1.82, 2.24) is 4.90 Å². The fourth-order valence-electron chi connectivity index (χ4n) is 4.20. The Labute approximate surface area is 130 Å². The lowest BCUT2D eigenvalue weighted by atomic mass is 9.61. The van der Waals surface area contributed by atoms with Crippen LogP contribution in [0.2, 0.25) is 0 Å². The van der Waals surface area contributed by atoms with Gasteiger partial charge in [0.1, 0.15) is 0 Å². The number of nitrogens with zero attached hydrogens (tertiary/aromatic N) is 1. The largest absolute Gasteiger partial charge is 0.384 e. The van der Waals surface area contributed by atoms with Crippen LogP contribution in [0.4, 0.5) is 0 Å². The summed E-state index contributed by atoms with van der Waals surface area (Å²) in [5, 5.41) is 4.30. The highest BCUT2D eigenvalue weighted by molar-refractivity contribution is 7.08. The predicted octanol–water partition coefficient (Wildman–Crippen LogP) is 3.13. The van der Waals surface area contributed by atoms with Crippen molar-refractivity contribution in [2.75, 3.05) is 26.8 Å². The lowest BCUT2D eigenvalue weighted by molar-refractivity contribution is -0.159. The van der Waals surface area contributed by atoms with Gasteiger partial charge in [-0.3, -0.25) is 4.79 Å². The van der Waals surface area contributed by atoms with Gasteiger partial charge in [-0.15, -0.1) is 0 Å². The Bertz CT molecular complexity index is 517. The molecule has 1 aromatic rings. The summed E-state index contributed by atoms with van der Waals surface area (Å²) >= 11 is 1.73. The number of hydrogen-bond donors (Lipinski definition) is 0. The van der Waals surface area contributed by atoms with Gasteiger partial charge in [-0.1, -0.05) is 6.42 Å². The van der Waals surface area contributed by atoms with Gasteiger partial charge in [0.2, 0.25) is 5.91 Å². The van der Waals surface area contributed by atoms with Crippen molar-refractivity contribution in [2.45, 2.75) is 31.6 Å². The minimum Gasteiger partial charge on any atom is -0.384 e. The molecule has 0 spiro atoms. The van der Waals surface area contributed by atoms with E-state index >= 15 is 0 Å². The van der Waals surface area contributed by atoms with Crippen molar-refractivity contribution >= 4 is 17.2 Å². The van der Waals surface area contributed by atoms with Crippen LogP contribution >= 0.6 is 11.3 Å². The minimum absolute atomic E-state index is 0.251. The Kier molecular flexibility index (Phi) is 3.34. The molecule has 4 rings (SSSR count). The Morgan fingerprint density at radius 1 is 1.48 bits per heavy atom. The zero-order valence-corrected chi connectivity index (χ0v) is 13.4. The van der Waals surface area contributed by atoms with E-state index in [0.29, 0.717) is 11.8 Å². The summed E-state index contributed by atoms with van der Waals surface area (Å²) in [4.78, 5) is 14.7. The topological polar surface area (TPSA) is 29.5 Å². The molecular formula is C17H23NO2S. The molecule has 2 aliphatic carbocycles. The molecule has 0 N–H and O–H groups in total. The molecule has 0 unspecified atom stereocenters. The van der Waals surface area contributed by atoms with Gasteiger partial charge >= 0.3 is 0 Å². The van der Waals surface area contributed by atoms with Crippen molar-refractivity contribution in [3.63, 3.8) is 0 Å². The smallest absolute Gasteiger partial charge is 0.226 e. The number of ether oxygens (including phenoxy) is 1. The Hall–Kier alpha value is -0.870. The maximum Gasteiger partial charge on any atom is 0.226 e. The summed E-state index contributed by atoms with van der Waals surface area (Å²) in [6.07, 6.45) is 5.05. The van der Waals surface area contributed by atoms with E-state index in [2.05, 4.69) is 21.7 Å². The van der Waals surface area contributed by atoms with E-state index in [1.54, 1.807) is 18.4 Å². The first-order chi connectivity index (χ1) is 10.2. The van der Waals surface area contributed by atoms with Crippen LogP contribution in [0.3, 0.4) is 0 Å². The van der Waals surface area contributed by atoms with Crippen LogP contribution < -0.4 is 0 Å². The van der Waals surface area contributed by atoms with E-state index in [9.17, 15) is 4.79 Å². The summed E-state index contributed by atoms with van der Waals surface area (Å²) in [7, 11) is 1.79. The Morgan fingerprint density at radius 2 is 2.29 bits per heavy atom. The molecule has 21 heavy (non-hydrogen) atoms. The molecule has 1 saturated heterocycles. The first-order valence-corrected chi connectivity index (χ1v) is 8.98. The van der Waals surface area contributed by atoms with Gasteiger partial charge in [0.05, 0.1) is 6.61 Å². The maximum absolute atomic E-state index is 12.6. The molecule has 2 atom stereocenters. The number of likely N-dealkylation sites (tertiary alicyclic amines) is 1. The van der Waals surface area contributed by atoms with E-state index in [0.717, 1.165) is 32.0 Å². The highest BCUT2D eigenvalue weighted by Gasteiger charge is 2.55. The minimum atomic E-state index is 0.251. The van der Waals surface area contributed by atoms with Gasteiger partial charge in [-0.25, -0.2) is 0 Å². The first kappa shape index (κ1) is 13.8. The van der Waals surface area contributed by atoms with Crippen LogP contribution in [0, 0.1) is 17.3 Å². The summed E-state index contributed by atoms with van der Waals surface area (Å²) in [6.45, 7) is 2.68. The summed E-state index contributed by atoms with van der Waals surface area (Å²) in [5.74, 6) is 1.91. The molecule has 3 nitrogen and oxygen atoms in total. The molecule has 3 aliphatic rings. The van der Waals surface area contributed by atoms with Crippen LogP contribution in [-0.2, 0) is 9.53 Å². The number of hydrogen-bond acceptors (Lipinski definition) is 3. The standard InChI is InChI=1S/C17H23NO2S/c1-20-11-17(13-3-2-4-13)9-18(10-17)16(19)15-7-14(15)12-5-6-21-8-12/h5-6,8,13-15H,2-4,7,9-11H2,1H3/t14-,15+/m0/s1.